The summed E-state index contributed by atoms with van der Waals surface area (Å²) in [6.45, 7) is 1.41. The van der Waals surface area contributed by atoms with Gasteiger partial charge in [-0.15, -0.1) is 0 Å². The average molecular weight is 627 g/mol. The number of ether oxygens (including phenoxy) is 1. The average Bonchev–Trinajstić information content (AvgIpc) is 3.63. The first-order valence-corrected chi connectivity index (χ1v) is 13.5. The highest BCUT2D eigenvalue weighted by Crippen LogP contribution is 2.37. The van der Waals surface area contributed by atoms with Gasteiger partial charge in [0.15, 0.2) is 23.4 Å². The van der Waals surface area contributed by atoms with Crippen LogP contribution in [0.4, 0.5) is 24.7 Å². The fourth-order valence-corrected chi connectivity index (χ4v) is 5.11. The number of hydrogen-bond donors (Lipinski definition) is 2. The van der Waals surface area contributed by atoms with Crippen LogP contribution in [0.3, 0.4) is 0 Å². The Hall–Kier alpha value is -5.09. The SMILES string of the molecule is O=COC1CNCCN1C(=O)c1ccc(Nc2nccn3c(-c4cn(Cc5cccnn5)nc4C(F)(F)F)cnc23)cc1Cl. The van der Waals surface area contributed by atoms with Crippen LogP contribution in [-0.2, 0) is 22.3 Å². The summed E-state index contributed by atoms with van der Waals surface area (Å²) in [7, 11) is 0. The molecule has 1 aromatic carbocycles. The lowest BCUT2D eigenvalue weighted by Gasteiger charge is -2.34. The maximum Gasteiger partial charge on any atom is 0.435 e. The summed E-state index contributed by atoms with van der Waals surface area (Å²) in [6, 6.07) is 7.90. The third-order valence-corrected chi connectivity index (χ3v) is 7.13. The van der Waals surface area contributed by atoms with Crippen LogP contribution in [-0.4, -0.2) is 77.5 Å². The number of anilines is 2. The minimum atomic E-state index is -4.73. The van der Waals surface area contributed by atoms with E-state index >= 15 is 0 Å². The van der Waals surface area contributed by atoms with Crippen LogP contribution in [0.5, 0.6) is 0 Å². The van der Waals surface area contributed by atoms with E-state index in [9.17, 15) is 22.8 Å². The van der Waals surface area contributed by atoms with E-state index in [0.717, 1.165) is 4.68 Å². The van der Waals surface area contributed by atoms with E-state index in [1.807, 2.05) is 0 Å². The second-order valence-electron chi connectivity index (χ2n) is 9.62. The molecule has 0 aliphatic carbocycles. The number of halogens is 4. The van der Waals surface area contributed by atoms with Crippen LogP contribution >= 0.6 is 11.6 Å². The van der Waals surface area contributed by atoms with Gasteiger partial charge in [-0.3, -0.25) is 18.7 Å². The van der Waals surface area contributed by atoms with E-state index in [1.165, 1.54) is 52.4 Å². The van der Waals surface area contributed by atoms with E-state index in [1.54, 1.807) is 18.2 Å². The molecule has 17 heteroatoms. The zero-order valence-electron chi connectivity index (χ0n) is 22.6. The quantitative estimate of drug-likeness (QED) is 0.246. The van der Waals surface area contributed by atoms with Gasteiger partial charge in [0.25, 0.3) is 12.4 Å². The summed E-state index contributed by atoms with van der Waals surface area (Å²) in [5.74, 6) is -0.177. The van der Waals surface area contributed by atoms with Gasteiger partial charge in [0.05, 0.1) is 46.8 Å². The molecule has 2 N–H and O–H groups in total. The molecule has 1 saturated heterocycles. The number of fused-ring (bicyclic) bond motifs is 1. The molecule has 1 fully saturated rings. The Morgan fingerprint density at radius 2 is 2.09 bits per heavy atom. The van der Waals surface area contributed by atoms with Crippen molar-refractivity contribution in [2.24, 2.45) is 0 Å². The summed E-state index contributed by atoms with van der Waals surface area (Å²) in [5, 5.41) is 17.7. The van der Waals surface area contributed by atoms with Crippen LogP contribution in [0.25, 0.3) is 16.9 Å². The minimum Gasteiger partial charge on any atom is -0.442 e. The van der Waals surface area contributed by atoms with Gasteiger partial charge in [0.2, 0.25) is 0 Å². The van der Waals surface area contributed by atoms with E-state index in [2.05, 4.69) is 35.9 Å². The summed E-state index contributed by atoms with van der Waals surface area (Å²) in [4.78, 5) is 34.1. The molecule has 0 spiro atoms. The van der Waals surface area contributed by atoms with Gasteiger partial charge in [-0.25, -0.2) is 9.97 Å². The molecule has 13 nitrogen and oxygen atoms in total. The van der Waals surface area contributed by atoms with Gasteiger partial charge in [-0.1, -0.05) is 11.6 Å². The Bertz CT molecular complexity index is 1830. The number of rotatable bonds is 8. The van der Waals surface area contributed by atoms with Crippen LogP contribution in [0, 0.1) is 0 Å². The Morgan fingerprint density at radius 3 is 2.84 bits per heavy atom. The molecule has 1 unspecified atom stereocenters. The summed E-state index contributed by atoms with van der Waals surface area (Å²) >= 11 is 6.48. The molecular weight excluding hydrogens is 605 g/mol. The maximum atomic E-state index is 14.0. The van der Waals surface area contributed by atoms with Crippen LogP contribution in [0.1, 0.15) is 21.7 Å². The van der Waals surface area contributed by atoms with Crippen molar-refractivity contribution in [3.05, 3.63) is 83.3 Å². The molecule has 5 heterocycles. The summed E-state index contributed by atoms with van der Waals surface area (Å²) in [6.07, 6.45) is 1.46. The minimum absolute atomic E-state index is 0.0132. The third kappa shape index (κ3) is 5.76. The standard InChI is InChI=1S/C27H22ClF3N10O3/c28-20-10-16(3-4-18(20)26(43)41-8-6-32-12-22(41)44-15-42)36-24-25-34-11-21(40(25)9-7-33-24)19-14-39(38-23(19)27(29,30)31)13-17-2-1-5-35-37-17/h1-5,7,9-11,14-15,22,32H,6,8,12-13H2,(H,33,36). The first kappa shape index (κ1) is 29.0. The van der Waals surface area contributed by atoms with Crippen LogP contribution < -0.4 is 10.6 Å². The molecule has 1 amide bonds. The van der Waals surface area contributed by atoms with E-state index < -0.39 is 24.0 Å². The monoisotopic (exact) mass is 626 g/mol. The molecule has 0 saturated carbocycles. The molecule has 1 aliphatic heterocycles. The van der Waals surface area contributed by atoms with Crippen LogP contribution in [0.15, 0.2) is 61.3 Å². The highest BCUT2D eigenvalue weighted by Gasteiger charge is 2.38. The molecular formula is C27H22ClF3N10O3. The Kier molecular flexibility index (Phi) is 7.84. The number of piperazine rings is 1. The van der Waals surface area contributed by atoms with Crippen molar-refractivity contribution in [2.75, 3.05) is 25.0 Å². The number of nitrogens with one attached hydrogen (secondary N) is 2. The maximum absolute atomic E-state index is 14.0. The third-order valence-electron chi connectivity index (χ3n) is 6.82. The number of amides is 1. The van der Waals surface area contributed by atoms with Gasteiger partial charge in [-0.2, -0.15) is 28.5 Å². The molecule has 44 heavy (non-hydrogen) atoms. The smallest absolute Gasteiger partial charge is 0.435 e. The number of aromatic nitrogens is 7. The number of benzene rings is 1. The highest BCUT2D eigenvalue weighted by molar-refractivity contribution is 6.34. The predicted octanol–water partition coefficient (Wildman–Crippen LogP) is 3.39. The topological polar surface area (TPSA) is 144 Å². The number of imidazole rings is 1. The molecule has 0 radical (unpaired) electrons. The largest absolute Gasteiger partial charge is 0.442 e. The fourth-order valence-electron chi connectivity index (χ4n) is 4.84. The molecule has 0 bridgehead atoms. The molecule has 4 aromatic heterocycles. The van der Waals surface area contributed by atoms with E-state index in [0.29, 0.717) is 24.5 Å². The van der Waals surface area contributed by atoms with Crippen molar-refractivity contribution in [3.8, 4) is 11.3 Å². The lowest BCUT2D eigenvalue weighted by atomic mass is 10.1. The van der Waals surface area contributed by atoms with Gasteiger partial charge in [-0.05, 0) is 30.3 Å². The summed E-state index contributed by atoms with van der Waals surface area (Å²) < 4.78 is 49.8. The van der Waals surface area contributed by atoms with Crippen molar-refractivity contribution in [1.82, 2.24) is 44.6 Å². The Labute approximate surface area is 251 Å². The predicted molar refractivity (Wildman–Crippen MR) is 150 cm³/mol. The number of hydrogen-bond acceptors (Lipinski definition) is 10. The van der Waals surface area contributed by atoms with Gasteiger partial charge < -0.3 is 20.3 Å². The van der Waals surface area contributed by atoms with Crippen molar-refractivity contribution >= 4 is 41.1 Å². The molecule has 226 valence electrons. The van der Waals surface area contributed by atoms with E-state index in [-0.39, 0.29) is 52.9 Å². The van der Waals surface area contributed by atoms with Crippen molar-refractivity contribution in [2.45, 2.75) is 18.9 Å². The number of alkyl halides is 3. The molecule has 6 rings (SSSR count). The number of carbonyl (C=O) groups is 2. The van der Waals surface area contributed by atoms with Gasteiger partial charge >= 0.3 is 6.18 Å². The fraction of sp³-hybridized carbons (Fsp3) is 0.222. The second kappa shape index (κ2) is 11.9. The zero-order chi connectivity index (χ0) is 30.8. The molecule has 1 atom stereocenters. The van der Waals surface area contributed by atoms with Crippen LogP contribution in [0.2, 0.25) is 5.02 Å². The van der Waals surface area contributed by atoms with Gasteiger partial charge in [0.1, 0.15) is 0 Å². The lowest BCUT2D eigenvalue weighted by Crippen LogP contribution is -2.54. The molecule has 5 aromatic rings. The van der Waals surface area contributed by atoms with Gasteiger partial charge in [0, 0.05) is 43.6 Å². The van der Waals surface area contributed by atoms with Crippen molar-refractivity contribution in [3.63, 3.8) is 0 Å². The Balaban J connectivity index is 1.28. The Morgan fingerprint density at radius 1 is 1.23 bits per heavy atom. The lowest BCUT2D eigenvalue weighted by molar-refractivity contribution is -0.142. The number of carbonyl (C=O) groups excluding carboxylic acids is 2. The first-order valence-electron chi connectivity index (χ1n) is 13.1. The highest BCUT2D eigenvalue weighted by atomic mass is 35.5. The van der Waals surface area contributed by atoms with E-state index in [4.69, 9.17) is 16.3 Å². The second-order valence-corrected chi connectivity index (χ2v) is 10.0. The van der Waals surface area contributed by atoms with Crippen molar-refractivity contribution in [1.29, 1.82) is 0 Å². The zero-order valence-corrected chi connectivity index (χ0v) is 23.3. The number of nitrogens with zero attached hydrogens (tertiary/aromatic N) is 8. The first-order chi connectivity index (χ1) is 21.2. The van der Waals surface area contributed by atoms with Crippen molar-refractivity contribution < 1.29 is 27.5 Å². The summed E-state index contributed by atoms with van der Waals surface area (Å²) in [5.41, 5.74) is 0.219. The molecule has 1 aliphatic rings. The normalized spacial score (nSPS) is 15.4.